The fourth-order valence-corrected chi connectivity index (χ4v) is 3.54. The quantitative estimate of drug-likeness (QED) is 0.510. The Morgan fingerprint density at radius 2 is 1.83 bits per heavy atom. The van der Waals surface area contributed by atoms with Crippen molar-refractivity contribution in [2.45, 2.75) is 13.3 Å². The third kappa shape index (κ3) is 2.60. The normalized spacial score (nSPS) is 10.5. The first-order chi connectivity index (χ1) is 11.9. The monoisotopic (exact) mass is 329 g/mol. The number of hydrogen-bond donors (Lipinski definition) is 0. The second kappa shape index (κ2) is 6.31. The maximum Gasteiger partial charge on any atom is 0.195 e. The maximum absolute atomic E-state index is 4.79. The number of nitrogens with zero attached hydrogens (tertiary/aromatic N) is 3. The van der Waals surface area contributed by atoms with E-state index in [2.05, 4.69) is 57.8 Å². The molecule has 4 aromatic rings. The van der Waals surface area contributed by atoms with Gasteiger partial charge in [-0.3, -0.25) is 9.38 Å². The average molecular weight is 329 g/mol. The van der Waals surface area contributed by atoms with Crippen molar-refractivity contribution in [3.63, 3.8) is 0 Å². The summed E-state index contributed by atoms with van der Waals surface area (Å²) >= 11 is 1.63. The average Bonchev–Trinajstić information content (AvgIpc) is 3.20. The van der Waals surface area contributed by atoms with Gasteiger partial charge in [0.15, 0.2) is 4.96 Å². The van der Waals surface area contributed by atoms with Gasteiger partial charge in [-0.2, -0.15) is 0 Å². The Balaban J connectivity index is 1.90. The van der Waals surface area contributed by atoms with Gasteiger partial charge >= 0.3 is 0 Å². The first-order valence-corrected chi connectivity index (χ1v) is 8.71. The van der Waals surface area contributed by atoms with Crippen LogP contribution < -0.4 is 0 Å². The van der Waals surface area contributed by atoms with Crippen molar-refractivity contribution in [2.75, 3.05) is 0 Å². The number of fused-ring (bicyclic) bond motifs is 1. The molecule has 0 unspecified atom stereocenters. The molecular formula is C20H15N3S. The highest BCUT2D eigenvalue weighted by atomic mass is 32.1. The fraction of sp³-hybridized carbons (Fsp3) is 0.100. The summed E-state index contributed by atoms with van der Waals surface area (Å²) in [5, 5.41) is 2.07. The van der Waals surface area contributed by atoms with Gasteiger partial charge in [0, 0.05) is 28.9 Å². The van der Waals surface area contributed by atoms with Gasteiger partial charge in [-0.15, -0.1) is 11.3 Å². The highest BCUT2D eigenvalue weighted by Crippen LogP contribution is 2.29. The van der Waals surface area contributed by atoms with Crippen molar-refractivity contribution in [3.8, 4) is 23.1 Å². The highest BCUT2D eigenvalue weighted by Gasteiger charge is 2.16. The van der Waals surface area contributed by atoms with Crippen LogP contribution >= 0.6 is 11.3 Å². The number of rotatable bonds is 2. The van der Waals surface area contributed by atoms with Crippen LogP contribution in [0.3, 0.4) is 0 Å². The second-order valence-corrected chi connectivity index (χ2v) is 6.19. The van der Waals surface area contributed by atoms with E-state index >= 15 is 0 Å². The third-order valence-electron chi connectivity index (χ3n) is 3.83. The molecule has 3 heterocycles. The number of benzene rings is 1. The van der Waals surface area contributed by atoms with E-state index in [9.17, 15) is 0 Å². The molecule has 0 saturated carbocycles. The summed E-state index contributed by atoms with van der Waals surface area (Å²) in [5.41, 5.74) is 5.36. The minimum Gasteiger partial charge on any atom is -0.275 e. The van der Waals surface area contributed by atoms with Crippen molar-refractivity contribution in [3.05, 3.63) is 77.2 Å². The molecule has 0 atom stereocenters. The number of pyridine rings is 1. The van der Waals surface area contributed by atoms with E-state index in [0.717, 1.165) is 34.0 Å². The van der Waals surface area contributed by atoms with E-state index in [1.165, 1.54) is 5.56 Å². The van der Waals surface area contributed by atoms with Crippen LogP contribution in [-0.2, 0) is 6.42 Å². The van der Waals surface area contributed by atoms with E-state index in [1.807, 2.05) is 18.2 Å². The fourth-order valence-electron chi connectivity index (χ4n) is 2.70. The minimum absolute atomic E-state index is 0.899. The zero-order valence-corrected chi connectivity index (χ0v) is 14.0. The summed E-state index contributed by atoms with van der Waals surface area (Å²) in [4.78, 5) is 9.80. The molecule has 1 aromatic carbocycles. The summed E-state index contributed by atoms with van der Waals surface area (Å²) in [5.74, 6) is 6.50. The number of aryl methyl sites for hydroxylation is 1. The lowest BCUT2D eigenvalue weighted by molar-refractivity contribution is 1.07. The molecule has 0 radical (unpaired) electrons. The molecule has 0 N–H and O–H groups in total. The van der Waals surface area contributed by atoms with Gasteiger partial charge in [-0.25, -0.2) is 4.98 Å². The van der Waals surface area contributed by atoms with Crippen molar-refractivity contribution in [1.82, 2.24) is 14.4 Å². The minimum atomic E-state index is 0.899. The zero-order chi connectivity index (χ0) is 16.4. The molecule has 3 nitrogen and oxygen atoms in total. The Bertz CT molecular complexity index is 1030. The molecule has 0 fully saturated rings. The van der Waals surface area contributed by atoms with Gasteiger partial charge in [0.05, 0.1) is 11.4 Å². The molecule has 0 saturated heterocycles. The van der Waals surface area contributed by atoms with Crippen LogP contribution in [0.2, 0.25) is 0 Å². The standard InChI is InChI=1S/C20H15N3S/c1-2-18-19(16-6-4-3-5-7-16)23-17(14-24-20(23)22-18)9-8-15-10-12-21-13-11-15/h3-7,10-14H,2H2,1H3. The van der Waals surface area contributed by atoms with Gasteiger partial charge in [-0.05, 0) is 24.5 Å². The zero-order valence-electron chi connectivity index (χ0n) is 13.2. The molecule has 0 spiro atoms. The van der Waals surface area contributed by atoms with Gasteiger partial charge < -0.3 is 0 Å². The van der Waals surface area contributed by atoms with Crippen LogP contribution in [0, 0.1) is 11.8 Å². The van der Waals surface area contributed by atoms with E-state index in [-0.39, 0.29) is 0 Å². The van der Waals surface area contributed by atoms with Crippen LogP contribution in [0.5, 0.6) is 0 Å². The predicted octanol–water partition coefficient (Wildman–Crippen LogP) is 4.42. The maximum atomic E-state index is 4.79. The SMILES string of the molecule is CCc1nc2scc(C#Cc3ccncc3)n2c1-c1ccccc1. The number of imidazole rings is 1. The third-order valence-corrected chi connectivity index (χ3v) is 4.66. The van der Waals surface area contributed by atoms with Crippen LogP contribution in [0.4, 0.5) is 0 Å². The summed E-state index contributed by atoms with van der Waals surface area (Å²) in [6.07, 6.45) is 4.42. The molecule has 0 aliphatic heterocycles. The van der Waals surface area contributed by atoms with Gasteiger partial charge in [0.1, 0.15) is 5.69 Å². The number of hydrogen-bond acceptors (Lipinski definition) is 3. The van der Waals surface area contributed by atoms with Gasteiger partial charge in [0.25, 0.3) is 0 Å². The molecule has 116 valence electrons. The Morgan fingerprint density at radius 1 is 1.04 bits per heavy atom. The summed E-state index contributed by atoms with van der Waals surface area (Å²) < 4.78 is 2.17. The Morgan fingerprint density at radius 3 is 2.58 bits per heavy atom. The summed E-state index contributed by atoms with van der Waals surface area (Å²) in [6, 6.07) is 14.2. The van der Waals surface area contributed by atoms with Crippen molar-refractivity contribution >= 4 is 16.3 Å². The van der Waals surface area contributed by atoms with Gasteiger partial charge in [-0.1, -0.05) is 43.2 Å². The topological polar surface area (TPSA) is 30.2 Å². The van der Waals surface area contributed by atoms with E-state index in [4.69, 9.17) is 4.98 Å². The molecule has 4 heteroatoms. The lowest BCUT2D eigenvalue weighted by Gasteiger charge is -2.03. The summed E-state index contributed by atoms with van der Waals surface area (Å²) in [7, 11) is 0. The molecule has 4 rings (SSSR count). The molecule has 0 aliphatic rings. The Hall–Kier alpha value is -2.90. The molecule has 3 aromatic heterocycles. The van der Waals surface area contributed by atoms with E-state index < -0.39 is 0 Å². The molecule has 24 heavy (non-hydrogen) atoms. The lowest BCUT2D eigenvalue weighted by atomic mass is 10.1. The molecular weight excluding hydrogens is 314 g/mol. The van der Waals surface area contributed by atoms with Crippen molar-refractivity contribution in [2.24, 2.45) is 0 Å². The van der Waals surface area contributed by atoms with Crippen LogP contribution in [-0.4, -0.2) is 14.4 Å². The summed E-state index contributed by atoms with van der Waals surface area (Å²) in [6.45, 7) is 2.14. The van der Waals surface area contributed by atoms with E-state index in [1.54, 1.807) is 23.7 Å². The first-order valence-electron chi connectivity index (χ1n) is 7.83. The lowest BCUT2D eigenvalue weighted by Crippen LogP contribution is -1.92. The smallest absolute Gasteiger partial charge is 0.195 e. The van der Waals surface area contributed by atoms with Gasteiger partial charge in [0.2, 0.25) is 0 Å². The van der Waals surface area contributed by atoms with Crippen LogP contribution in [0.15, 0.2) is 60.2 Å². The highest BCUT2D eigenvalue weighted by molar-refractivity contribution is 7.15. The predicted molar refractivity (Wildman–Crippen MR) is 98.1 cm³/mol. The Labute approximate surface area is 144 Å². The Kier molecular flexibility index (Phi) is 3.86. The largest absolute Gasteiger partial charge is 0.275 e. The van der Waals surface area contributed by atoms with Crippen LogP contribution in [0.25, 0.3) is 16.2 Å². The van der Waals surface area contributed by atoms with Crippen LogP contribution in [0.1, 0.15) is 23.9 Å². The number of thiazole rings is 1. The second-order valence-electron chi connectivity index (χ2n) is 5.35. The molecule has 0 bridgehead atoms. The van der Waals surface area contributed by atoms with Crippen molar-refractivity contribution in [1.29, 1.82) is 0 Å². The molecule has 0 amide bonds. The molecule has 0 aliphatic carbocycles. The first kappa shape index (κ1) is 14.7. The van der Waals surface area contributed by atoms with Crippen molar-refractivity contribution < 1.29 is 0 Å². The number of aromatic nitrogens is 3. The van der Waals surface area contributed by atoms with E-state index in [0.29, 0.717) is 0 Å².